The van der Waals surface area contributed by atoms with Gasteiger partial charge in [-0.3, -0.25) is 9.69 Å². The molecule has 31 heavy (non-hydrogen) atoms. The topological polar surface area (TPSA) is 91.8 Å². The highest BCUT2D eigenvalue weighted by atomic mass is 32.1. The Morgan fingerprint density at radius 1 is 1.29 bits per heavy atom. The molecule has 0 saturated carbocycles. The quantitative estimate of drug-likeness (QED) is 0.605. The third-order valence-electron chi connectivity index (χ3n) is 4.88. The Hall–Kier alpha value is -3.30. The van der Waals surface area contributed by atoms with Crippen LogP contribution >= 0.6 is 11.3 Å². The van der Waals surface area contributed by atoms with Gasteiger partial charge >= 0.3 is 6.09 Å². The lowest BCUT2D eigenvalue weighted by atomic mass is 10.0. The smallest absolute Gasteiger partial charge is 0.416 e. The van der Waals surface area contributed by atoms with Crippen LogP contribution in [0.2, 0.25) is 0 Å². The first-order valence-corrected chi connectivity index (χ1v) is 10.6. The lowest BCUT2D eigenvalue weighted by Crippen LogP contribution is -2.37. The predicted octanol–water partition coefficient (Wildman–Crippen LogP) is 3.92. The number of aliphatic hydroxyl groups is 1. The van der Waals surface area contributed by atoms with Crippen LogP contribution in [0.25, 0.3) is 21.7 Å². The number of nitrogens with one attached hydrogen (secondary N) is 1. The minimum Gasteiger partial charge on any atom is -0.423 e. The second-order valence-corrected chi connectivity index (χ2v) is 7.81. The van der Waals surface area contributed by atoms with Crippen LogP contribution in [0.4, 0.5) is 14.9 Å². The number of nitrogens with zero attached hydrogens (tertiary/aromatic N) is 2. The Labute approximate surface area is 182 Å². The number of amides is 2. The zero-order chi connectivity index (χ0) is 22.0. The highest BCUT2D eigenvalue weighted by Gasteiger charge is 2.33. The number of anilines is 1. The second-order valence-electron chi connectivity index (χ2n) is 6.95. The number of hydrogen-bond donors (Lipinski definition) is 2. The van der Waals surface area contributed by atoms with Gasteiger partial charge in [-0.1, -0.05) is 31.2 Å². The van der Waals surface area contributed by atoms with E-state index in [1.54, 1.807) is 36.6 Å². The maximum Gasteiger partial charge on any atom is 0.416 e. The van der Waals surface area contributed by atoms with E-state index in [4.69, 9.17) is 9.84 Å². The fourth-order valence-electron chi connectivity index (χ4n) is 3.24. The van der Waals surface area contributed by atoms with Crippen LogP contribution in [-0.2, 0) is 16.1 Å². The predicted molar refractivity (Wildman–Crippen MR) is 115 cm³/mol. The molecule has 1 aliphatic heterocycles. The molecule has 0 spiro atoms. The molecule has 1 fully saturated rings. The zero-order valence-electron chi connectivity index (χ0n) is 16.7. The summed E-state index contributed by atoms with van der Waals surface area (Å²) in [7, 11) is 0. The minimum absolute atomic E-state index is 0.109. The van der Waals surface area contributed by atoms with E-state index in [0.717, 1.165) is 10.6 Å². The monoisotopic (exact) mass is 441 g/mol. The summed E-state index contributed by atoms with van der Waals surface area (Å²) in [5, 5.41) is 14.3. The lowest BCUT2D eigenvalue weighted by Gasteiger charge is -2.14. The molecule has 2 heterocycles. The van der Waals surface area contributed by atoms with Crippen LogP contribution in [-0.4, -0.2) is 34.9 Å². The van der Waals surface area contributed by atoms with E-state index in [9.17, 15) is 14.0 Å². The van der Waals surface area contributed by atoms with E-state index in [2.05, 4.69) is 10.3 Å². The number of hydrogen-bond acceptors (Lipinski definition) is 6. The average molecular weight is 441 g/mol. The Morgan fingerprint density at radius 3 is 2.68 bits per heavy atom. The van der Waals surface area contributed by atoms with Gasteiger partial charge in [0.1, 0.15) is 10.8 Å². The maximum absolute atomic E-state index is 14.9. The van der Waals surface area contributed by atoms with Crippen molar-refractivity contribution in [3.8, 4) is 21.7 Å². The van der Waals surface area contributed by atoms with Crippen molar-refractivity contribution in [3.05, 3.63) is 59.4 Å². The van der Waals surface area contributed by atoms with Gasteiger partial charge in [-0.2, -0.15) is 0 Å². The summed E-state index contributed by atoms with van der Waals surface area (Å²) >= 11 is 1.43. The molecule has 0 aliphatic carbocycles. The molecule has 0 bridgehead atoms. The highest BCUT2D eigenvalue weighted by Crippen LogP contribution is 2.31. The number of ether oxygens (including phenoxy) is 1. The third kappa shape index (κ3) is 4.42. The molecule has 1 aromatic heterocycles. The van der Waals surface area contributed by atoms with Crippen LogP contribution in [0.3, 0.4) is 0 Å². The van der Waals surface area contributed by atoms with Gasteiger partial charge in [0.25, 0.3) is 0 Å². The molecular weight excluding hydrogens is 421 g/mol. The van der Waals surface area contributed by atoms with Gasteiger partial charge < -0.3 is 15.2 Å². The number of aromatic nitrogens is 1. The molecule has 2 N–H and O–H groups in total. The summed E-state index contributed by atoms with van der Waals surface area (Å²) in [6.45, 7) is 1.71. The number of benzene rings is 2. The van der Waals surface area contributed by atoms with Crippen molar-refractivity contribution >= 4 is 29.0 Å². The van der Waals surface area contributed by atoms with E-state index >= 15 is 0 Å². The van der Waals surface area contributed by atoms with Gasteiger partial charge in [0.2, 0.25) is 5.91 Å². The molecule has 0 radical (unpaired) electrons. The van der Waals surface area contributed by atoms with Crippen LogP contribution in [0.5, 0.6) is 0 Å². The molecular formula is C22H20FN3O4S. The van der Waals surface area contributed by atoms with Gasteiger partial charge in [0.05, 0.1) is 24.5 Å². The van der Waals surface area contributed by atoms with Crippen molar-refractivity contribution in [3.63, 3.8) is 0 Å². The summed E-state index contributed by atoms with van der Waals surface area (Å²) in [4.78, 5) is 29.3. The highest BCUT2D eigenvalue weighted by molar-refractivity contribution is 7.13. The summed E-state index contributed by atoms with van der Waals surface area (Å²) in [5.41, 5.74) is 2.93. The summed E-state index contributed by atoms with van der Waals surface area (Å²) in [5.74, 6) is -0.703. The molecule has 3 aromatic rings. The van der Waals surface area contributed by atoms with Crippen LogP contribution in [0.15, 0.2) is 47.8 Å². The van der Waals surface area contributed by atoms with Crippen LogP contribution < -0.4 is 10.2 Å². The van der Waals surface area contributed by atoms with Gasteiger partial charge in [-0.25, -0.2) is 14.2 Å². The number of carbonyl (C=O) groups is 2. The molecule has 2 amide bonds. The van der Waals surface area contributed by atoms with Crippen LogP contribution in [0, 0.1) is 5.82 Å². The van der Waals surface area contributed by atoms with Crippen molar-refractivity contribution in [1.82, 2.24) is 10.3 Å². The van der Waals surface area contributed by atoms with Crippen molar-refractivity contribution < 1.29 is 23.8 Å². The number of halogens is 1. The van der Waals surface area contributed by atoms with E-state index in [1.807, 2.05) is 12.1 Å². The number of thiazole rings is 1. The molecule has 1 aliphatic rings. The van der Waals surface area contributed by atoms with E-state index in [0.29, 0.717) is 22.5 Å². The van der Waals surface area contributed by atoms with Crippen molar-refractivity contribution in [2.45, 2.75) is 26.2 Å². The molecule has 160 valence electrons. The Balaban J connectivity index is 1.51. The fraction of sp³-hybridized carbons (Fsp3) is 0.227. The summed E-state index contributed by atoms with van der Waals surface area (Å²) < 4.78 is 20.0. The third-order valence-corrected chi connectivity index (χ3v) is 5.82. The van der Waals surface area contributed by atoms with Crippen LogP contribution in [0.1, 0.15) is 19.0 Å². The Kier molecular flexibility index (Phi) is 5.97. The zero-order valence-corrected chi connectivity index (χ0v) is 17.5. The van der Waals surface area contributed by atoms with Gasteiger partial charge in [0, 0.05) is 22.9 Å². The SMILES string of the molecule is CCC(=O)N[C@@H]1CN(c2ccc(-c3ccc(-c4nc(CO)cs4)cc3)c(F)c2)C(=O)O1. The molecule has 0 unspecified atom stereocenters. The van der Waals surface area contributed by atoms with Gasteiger partial charge in [-0.15, -0.1) is 11.3 Å². The van der Waals surface area contributed by atoms with Gasteiger partial charge in [0.15, 0.2) is 6.23 Å². The first kappa shape index (κ1) is 21.0. The Morgan fingerprint density at radius 2 is 2.03 bits per heavy atom. The number of cyclic esters (lactones) is 1. The summed E-state index contributed by atoms with van der Waals surface area (Å²) in [6.07, 6.45) is -1.11. The Bertz CT molecular complexity index is 1120. The van der Waals surface area contributed by atoms with Crippen molar-refractivity contribution in [2.75, 3.05) is 11.4 Å². The maximum atomic E-state index is 14.9. The van der Waals surface area contributed by atoms with E-state index < -0.39 is 18.1 Å². The molecule has 2 aromatic carbocycles. The van der Waals surface area contributed by atoms with Crippen molar-refractivity contribution in [2.24, 2.45) is 0 Å². The standard InChI is InChI=1S/C22H20FN3O4S/c1-2-19(28)25-20-10-26(22(29)30-20)16-7-8-17(18(23)9-16)13-3-5-14(6-4-13)21-24-15(11-27)12-31-21/h3-9,12,20,27H,2,10-11H2,1H3,(H,25,28)/t20-/m0/s1. The largest absolute Gasteiger partial charge is 0.423 e. The second kappa shape index (κ2) is 8.83. The minimum atomic E-state index is -0.757. The van der Waals surface area contributed by atoms with Crippen molar-refractivity contribution in [1.29, 1.82) is 0 Å². The fourth-order valence-corrected chi connectivity index (χ4v) is 4.06. The normalized spacial score (nSPS) is 15.8. The van der Waals surface area contributed by atoms with Gasteiger partial charge in [-0.05, 0) is 23.8 Å². The molecule has 1 saturated heterocycles. The first-order valence-electron chi connectivity index (χ1n) is 9.71. The number of carbonyl (C=O) groups excluding carboxylic acids is 2. The number of aliphatic hydroxyl groups excluding tert-OH is 1. The number of rotatable bonds is 6. The first-order chi connectivity index (χ1) is 15.0. The molecule has 1 atom stereocenters. The van der Waals surface area contributed by atoms with E-state index in [1.165, 1.54) is 22.3 Å². The molecule has 9 heteroatoms. The molecule has 7 nitrogen and oxygen atoms in total. The lowest BCUT2D eigenvalue weighted by molar-refractivity contribution is -0.123. The summed E-state index contributed by atoms with van der Waals surface area (Å²) in [6, 6.07) is 11.8. The average Bonchev–Trinajstić information content (AvgIpc) is 3.40. The molecule has 4 rings (SSSR count). The van der Waals surface area contributed by atoms with E-state index in [-0.39, 0.29) is 25.5 Å².